The van der Waals surface area contributed by atoms with Crippen molar-refractivity contribution in [2.75, 3.05) is 18.9 Å². The topological polar surface area (TPSA) is 61.4 Å². The van der Waals surface area contributed by atoms with Gasteiger partial charge in [-0.15, -0.1) is 0 Å². The number of hydrogen-bond acceptors (Lipinski definition) is 3. The van der Waals surface area contributed by atoms with E-state index in [1.165, 1.54) is 6.92 Å². The number of carbonyl (C=O) groups excluding carboxylic acids is 2. The Morgan fingerprint density at radius 2 is 2.10 bits per heavy atom. The van der Waals surface area contributed by atoms with Crippen molar-refractivity contribution >= 4 is 17.5 Å². The highest BCUT2D eigenvalue weighted by Crippen LogP contribution is 2.23. The van der Waals surface area contributed by atoms with Gasteiger partial charge in [0.15, 0.2) is 0 Å². The SMILES string of the molecule is CC(=O)N(C)Cc1ccccc1NC(=O)C1(C)CCCN1. The van der Waals surface area contributed by atoms with Crippen LogP contribution in [0.1, 0.15) is 32.3 Å². The molecule has 1 aromatic carbocycles. The van der Waals surface area contributed by atoms with Crippen LogP contribution in [-0.2, 0) is 16.1 Å². The Balaban J connectivity index is 2.13. The molecule has 0 bridgehead atoms. The van der Waals surface area contributed by atoms with Crippen LogP contribution in [0, 0.1) is 0 Å². The molecule has 21 heavy (non-hydrogen) atoms. The van der Waals surface area contributed by atoms with Gasteiger partial charge in [-0.25, -0.2) is 0 Å². The van der Waals surface area contributed by atoms with Crippen LogP contribution in [0.2, 0.25) is 0 Å². The maximum Gasteiger partial charge on any atom is 0.244 e. The predicted molar refractivity (Wildman–Crippen MR) is 82.9 cm³/mol. The molecule has 1 fully saturated rings. The van der Waals surface area contributed by atoms with E-state index in [2.05, 4.69) is 10.6 Å². The van der Waals surface area contributed by atoms with Crippen LogP contribution in [0.5, 0.6) is 0 Å². The van der Waals surface area contributed by atoms with Gasteiger partial charge in [0.25, 0.3) is 0 Å². The number of amides is 2. The molecule has 114 valence electrons. The summed E-state index contributed by atoms with van der Waals surface area (Å²) in [5, 5.41) is 6.25. The average molecular weight is 289 g/mol. The number of nitrogens with one attached hydrogen (secondary N) is 2. The van der Waals surface area contributed by atoms with Gasteiger partial charge >= 0.3 is 0 Å². The minimum absolute atomic E-state index is 0.000510. The Morgan fingerprint density at radius 3 is 2.71 bits per heavy atom. The van der Waals surface area contributed by atoms with Crippen molar-refractivity contribution in [2.24, 2.45) is 0 Å². The summed E-state index contributed by atoms with van der Waals surface area (Å²) < 4.78 is 0. The molecule has 0 aliphatic carbocycles. The lowest BCUT2D eigenvalue weighted by Gasteiger charge is -2.24. The molecule has 2 rings (SSSR count). The molecule has 5 heteroatoms. The van der Waals surface area contributed by atoms with Crippen LogP contribution in [0.4, 0.5) is 5.69 Å². The largest absolute Gasteiger partial charge is 0.342 e. The van der Waals surface area contributed by atoms with Crippen LogP contribution in [0.25, 0.3) is 0 Å². The lowest BCUT2D eigenvalue weighted by molar-refractivity contribution is -0.128. The molecule has 0 aromatic heterocycles. The van der Waals surface area contributed by atoms with Crippen molar-refractivity contribution < 1.29 is 9.59 Å². The van der Waals surface area contributed by atoms with Crippen molar-refractivity contribution in [3.8, 4) is 0 Å². The van der Waals surface area contributed by atoms with Crippen LogP contribution in [0.3, 0.4) is 0 Å². The molecule has 0 saturated carbocycles. The van der Waals surface area contributed by atoms with Crippen LogP contribution < -0.4 is 10.6 Å². The van der Waals surface area contributed by atoms with Gasteiger partial charge in [-0.05, 0) is 37.9 Å². The third-order valence-corrected chi connectivity index (χ3v) is 4.08. The molecule has 0 radical (unpaired) electrons. The third-order valence-electron chi connectivity index (χ3n) is 4.08. The van der Waals surface area contributed by atoms with E-state index in [9.17, 15) is 9.59 Å². The van der Waals surface area contributed by atoms with Gasteiger partial charge in [0.05, 0.1) is 5.54 Å². The molecule has 1 aromatic rings. The fourth-order valence-electron chi connectivity index (χ4n) is 2.50. The van der Waals surface area contributed by atoms with Crippen LogP contribution in [0.15, 0.2) is 24.3 Å². The van der Waals surface area contributed by atoms with Gasteiger partial charge in [-0.2, -0.15) is 0 Å². The normalized spacial score (nSPS) is 21.1. The zero-order valence-electron chi connectivity index (χ0n) is 12.9. The van der Waals surface area contributed by atoms with E-state index in [1.54, 1.807) is 11.9 Å². The van der Waals surface area contributed by atoms with E-state index in [-0.39, 0.29) is 11.8 Å². The number of anilines is 1. The number of nitrogens with zero attached hydrogens (tertiary/aromatic N) is 1. The second-order valence-corrected chi connectivity index (χ2v) is 5.85. The molecule has 2 N–H and O–H groups in total. The monoisotopic (exact) mass is 289 g/mol. The summed E-state index contributed by atoms with van der Waals surface area (Å²) in [5.41, 5.74) is 1.20. The molecule has 1 unspecified atom stereocenters. The van der Waals surface area contributed by atoms with E-state index < -0.39 is 5.54 Å². The second-order valence-electron chi connectivity index (χ2n) is 5.85. The number of para-hydroxylation sites is 1. The van der Waals surface area contributed by atoms with Crippen molar-refractivity contribution in [1.82, 2.24) is 10.2 Å². The van der Waals surface area contributed by atoms with Gasteiger partial charge in [-0.1, -0.05) is 18.2 Å². The average Bonchev–Trinajstić information content (AvgIpc) is 2.89. The van der Waals surface area contributed by atoms with Gasteiger partial charge < -0.3 is 15.5 Å². The van der Waals surface area contributed by atoms with Crippen molar-refractivity contribution in [2.45, 2.75) is 38.8 Å². The van der Waals surface area contributed by atoms with Crippen LogP contribution >= 0.6 is 0 Å². The second kappa shape index (κ2) is 6.26. The molecule has 1 atom stereocenters. The smallest absolute Gasteiger partial charge is 0.244 e. The third kappa shape index (κ3) is 3.61. The zero-order chi connectivity index (χ0) is 15.5. The molecule has 5 nitrogen and oxygen atoms in total. The highest BCUT2D eigenvalue weighted by atomic mass is 16.2. The first-order valence-corrected chi connectivity index (χ1v) is 7.28. The molecule has 2 amide bonds. The number of rotatable bonds is 4. The Kier molecular flexibility index (Phi) is 4.63. The van der Waals surface area contributed by atoms with E-state index >= 15 is 0 Å². The summed E-state index contributed by atoms with van der Waals surface area (Å²) in [4.78, 5) is 25.5. The van der Waals surface area contributed by atoms with Crippen molar-refractivity contribution in [1.29, 1.82) is 0 Å². The number of hydrogen-bond donors (Lipinski definition) is 2. The lowest BCUT2D eigenvalue weighted by atomic mass is 9.99. The quantitative estimate of drug-likeness (QED) is 0.887. The molecule has 0 spiro atoms. The Hall–Kier alpha value is -1.88. The molecule has 1 aliphatic heterocycles. The standard InChI is InChI=1S/C16H23N3O2/c1-12(20)19(3)11-13-7-4-5-8-14(13)18-15(21)16(2)9-6-10-17-16/h4-5,7-8,17H,6,9-11H2,1-3H3,(H,18,21). The highest BCUT2D eigenvalue weighted by molar-refractivity contribution is 5.98. The maximum atomic E-state index is 12.5. The van der Waals surface area contributed by atoms with Gasteiger partial charge in [0.1, 0.15) is 0 Å². The predicted octanol–water partition coefficient (Wildman–Crippen LogP) is 1.75. The Morgan fingerprint density at radius 1 is 1.38 bits per heavy atom. The Labute approximate surface area is 125 Å². The molecule has 1 aliphatic rings. The fraction of sp³-hybridized carbons (Fsp3) is 0.500. The summed E-state index contributed by atoms with van der Waals surface area (Å²) in [6.07, 6.45) is 1.85. The summed E-state index contributed by atoms with van der Waals surface area (Å²) in [7, 11) is 1.75. The van der Waals surface area contributed by atoms with E-state index in [0.717, 1.165) is 30.6 Å². The summed E-state index contributed by atoms with van der Waals surface area (Å²) in [6.45, 7) is 4.82. The van der Waals surface area contributed by atoms with Gasteiger partial charge in [0, 0.05) is 26.2 Å². The zero-order valence-corrected chi connectivity index (χ0v) is 12.9. The van der Waals surface area contributed by atoms with E-state index in [4.69, 9.17) is 0 Å². The molecular weight excluding hydrogens is 266 g/mol. The summed E-state index contributed by atoms with van der Waals surface area (Å²) in [6, 6.07) is 7.60. The number of carbonyl (C=O) groups is 2. The fourth-order valence-corrected chi connectivity index (χ4v) is 2.50. The molecule has 1 heterocycles. The first-order valence-electron chi connectivity index (χ1n) is 7.28. The molecule has 1 saturated heterocycles. The van der Waals surface area contributed by atoms with Crippen molar-refractivity contribution in [3.05, 3.63) is 29.8 Å². The summed E-state index contributed by atoms with van der Waals surface area (Å²) >= 11 is 0. The lowest BCUT2D eigenvalue weighted by Crippen LogP contribution is -2.48. The maximum absolute atomic E-state index is 12.5. The first kappa shape index (κ1) is 15.5. The highest BCUT2D eigenvalue weighted by Gasteiger charge is 2.36. The van der Waals surface area contributed by atoms with Crippen molar-refractivity contribution in [3.63, 3.8) is 0 Å². The van der Waals surface area contributed by atoms with E-state index in [0.29, 0.717) is 6.54 Å². The summed E-state index contributed by atoms with van der Waals surface area (Å²) in [5.74, 6) is -0.0153. The van der Waals surface area contributed by atoms with Gasteiger partial charge in [-0.3, -0.25) is 9.59 Å². The number of benzene rings is 1. The molecular formula is C16H23N3O2. The Bertz CT molecular complexity index is 536. The minimum atomic E-state index is -0.500. The van der Waals surface area contributed by atoms with Gasteiger partial charge in [0.2, 0.25) is 11.8 Å². The first-order chi connectivity index (χ1) is 9.92. The van der Waals surface area contributed by atoms with Crippen LogP contribution in [-0.4, -0.2) is 35.8 Å². The van der Waals surface area contributed by atoms with E-state index in [1.807, 2.05) is 31.2 Å². The minimum Gasteiger partial charge on any atom is -0.342 e.